The highest BCUT2D eigenvalue weighted by atomic mass is 35.5. The zero-order valence-corrected chi connectivity index (χ0v) is 17.2. The Balaban J connectivity index is 1.81. The van der Waals surface area contributed by atoms with E-state index in [1.54, 1.807) is 30.0 Å². The average molecular weight is 424 g/mol. The van der Waals surface area contributed by atoms with Crippen LogP contribution in [0.2, 0.25) is 5.02 Å². The minimum atomic E-state index is -1.28. The van der Waals surface area contributed by atoms with E-state index in [1.807, 2.05) is 6.26 Å². The van der Waals surface area contributed by atoms with Crippen LogP contribution >= 0.6 is 23.4 Å². The number of halogens is 1. The summed E-state index contributed by atoms with van der Waals surface area (Å²) >= 11 is 7.88. The van der Waals surface area contributed by atoms with Crippen molar-refractivity contribution in [2.24, 2.45) is 11.8 Å². The molecule has 4 unspecified atom stereocenters. The van der Waals surface area contributed by atoms with Gasteiger partial charge in [0.05, 0.1) is 25.0 Å². The Morgan fingerprint density at radius 2 is 2.07 bits per heavy atom. The molecule has 4 rings (SSSR count). The van der Waals surface area contributed by atoms with Crippen molar-refractivity contribution in [1.29, 1.82) is 0 Å². The van der Waals surface area contributed by atoms with Gasteiger partial charge < -0.3 is 10.1 Å². The number of amides is 3. The monoisotopic (exact) mass is 423 g/mol. The van der Waals surface area contributed by atoms with Crippen molar-refractivity contribution in [3.8, 4) is 0 Å². The molecule has 0 aromatic heterocycles. The molecule has 0 radical (unpaired) electrons. The molecule has 7 nitrogen and oxygen atoms in total. The number of anilines is 1. The van der Waals surface area contributed by atoms with Gasteiger partial charge in [-0.3, -0.25) is 24.6 Å². The molecule has 2 fully saturated rings. The molecule has 28 heavy (non-hydrogen) atoms. The number of nitrogens with zero attached hydrogens (tertiary/aromatic N) is 1. The smallest absolute Gasteiger partial charge is 0.250 e. The molecule has 2 saturated heterocycles. The van der Waals surface area contributed by atoms with Crippen LogP contribution < -0.4 is 10.6 Å². The Hall–Kier alpha value is -1.61. The summed E-state index contributed by atoms with van der Waals surface area (Å²) < 4.78 is 5.06. The predicted octanol–water partition coefficient (Wildman–Crippen LogP) is 1.46. The van der Waals surface area contributed by atoms with Crippen molar-refractivity contribution in [1.82, 2.24) is 10.2 Å². The molecule has 3 amide bonds. The van der Waals surface area contributed by atoms with Crippen LogP contribution in [-0.2, 0) is 24.7 Å². The van der Waals surface area contributed by atoms with E-state index >= 15 is 0 Å². The highest BCUT2D eigenvalue weighted by Gasteiger charge is 2.70. The average Bonchev–Trinajstić information content (AvgIpc) is 3.24. The minimum Gasteiger partial charge on any atom is -0.383 e. The van der Waals surface area contributed by atoms with Gasteiger partial charge in [-0.25, -0.2) is 0 Å². The molecule has 0 bridgehead atoms. The summed E-state index contributed by atoms with van der Waals surface area (Å²) in [7, 11) is 1.53. The number of methoxy groups -OCH3 is 1. The standard InChI is InChI=1S/C19H22ClN3O4S/c1-27-7-6-23-16(24)14-13(5-8-28-2)22-19(15(14)17(23)25)11-9-10(20)3-4-12(11)21-18(19)26/h3-4,9,13-15,22H,5-8H2,1-2H3,(H,21,26). The molecular formula is C19H22ClN3O4S. The van der Waals surface area contributed by atoms with Crippen LogP contribution in [0.25, 0.3) is 0 Å². The first-order chi connectivity index (χ1) is 13.5. The van der Waals surface area contributed by atoms with Gasteiger partial charge in [0.25, 0.3) is 0 Å². The number of benzene rings is 1. The van der Waals surface area contributed by atoms with Crippen molar-refractivity contribution in [3.05, 3.63) is 28.8 Å². The lowest BCUT2D eigenvalue weighted by Gasteiger charge is -2.29. The molecular weight excluding hydrogens is 402 g/mol. The molecule has 3 aliphatic rings. The number of carbonyl (C=O) groups excluding carboxylic acids is 3. The van der Waals surface area contributed by atoms with Crippen LogP contribution in [0.15, 0.2) is 18.2 Å². The lowest BCUT2D eigenvalue weighted by atomic mass is 9.76. The second-order valence-electron chi connectivity index (χ2n) is 7.31. The van der Waals surface area contributed by atoms with E-state index in [0.717, 1.165) is 5.75 Å². The molecule has 1 spiro atoms. The van der Waals surface area contributed by atoms with Crippen LogP contribution in [0.3, 0.4) is 0 Å². The number of rotatable bonds is 6. The summed E-state index contributed by atoms with van der Waals surface area (Å²) in [4.78, 5) is 40.9. The van der Waals surface area contributed by atoms with E-state index in [2.05, 4.69) is 10.6 Å². The molecule has 0 aliphatic carbocycles. The number of ether oxygens (including phenoxy) is 1. The quantitative estimate of drug-likeness (QED) is 0.673. The largest absolute Gasteiger partial charge is 0.383 e. The Labute approximate surface area is 172 Å². The molecule has 150 valence electrons. The van der Waals surface area contributed by atoms with Crippen molar-refractivity contribution in [2.75, 3.05) is 37.6 Å². The Morgan fingerprint density at radius 1 is 1.29 bits per heavy atom. The summed E-state index contributed by atoms with van der Waals surface area (Å²) in [5.41, 5.74) is -0.00845. The molecule has 9 heteroatoms. The van der Waals surface area contributed by atoms with Gasteiger partial charge in [-0.05, 0) is 36.6 Å². The Kier molecular flexibility index (Phi) is 5.16. The third-order valence-corrected chi connectivity index (χ3v) is 6.80. The van der Waals surface area contributed by atoms with E-state index in [-0.39, 0.29) is 36.9 Å². The third-order valence-electron chi connectivity index (χ3n) is 5.92. The van der Waals surface area contributed by atoms with Crippen LogP contribution in [0, 0.1) is 11.8 Å². The second-order valence-corrected chi connectivity index (χ2v) is 8.73. The Morgan fingerprint density at radius 3 is 2.79 bits per heavy atom. The highest BCUT2D eigenvalue weighted by Crippen LogP contribution is 2.53. The van der Waals surface area contributed by atoms with Gasteiger partial charge in [0.1, 0.15) is 5.54 Å². The topological polar surface area (TPSA) is 87.7 Å². The van der Waals surface area contributed by atoms with E-state index in [4.69, 9.17) is 16.3 Å². The number of fused-ring (bicyclic) bond motifs is 4. The lowest BCUT2D eigenvalue weighted by molar-refractivity contribution is -0.143. The first-order valence-electron chi connectivity index (χ1n) is 9.18. The number of hydrogen-bond acceptors (Lipinski definition) is 6. The summed E-state index contributed by atoms with van der Waals surface area (Å²) in [6.07, 6.45) is 2.68. The van der Waals surface area contributed by atoms with E-state index in [9.17, 15) is 14.4 Å². The number of hydrogen-bond donors (Lipinski definition) is 2. The number of likely N-dealkylation sites (tertiary alicyclic amines) is 1. The Bertz CT molecular complexity index is 850. The maximum atomic E-state index is 13.3. The molecule has 1 aromatic rings. The van der Waals surface area contributed by atoms with Crippen LogP contribution in [0.4, 0.5) is 5.69 Å². The fourth-order valence-electron chi connectivity index (χ4n) is 4.73. The van der Waals surface area contributed by atoms with Gasteiger partial charge >= 0.3 is 0 Å². The third kappa shape index (κ3) is 2.69. The number of carbonyl (C=O) groups is 3. The van der Waals surface area contributed by atoms with Crippen molar-refractivity contribution in [3.63, 3.8) is 0 Å². The highest BCUT2D eigenvalue weighted by molar-refractivity contribution is 7.98. The molecule has 3 aliphatic heterocycles. The normalized spacial score (nSPS) is 30.9. The summed E-state index contributed by atoms with van der Waals surface area (Å²) in [5, 5.41) is 6.74. The van der Waals surface area contributed by atoms with Crippen LogP contribution in [0.1, 0.15) is 12.0 Å². The maximum absolute atomic E-state index is 13.3. The van der Waals surface area contributed by atoms with Gasteiger partial charge in [-0.15, -0.1) is 0 Å². The fourth-order valence-corrected chi connectivity index (χ4v) is 5.39. The SMILES string of the molecule is COCCN1C(=O)C2C(CCSC)NC3(C(=O)Nc4ccc(Cl)cc43)C2C1=O. The lowest BCUT2D eigenvalue weighted by Crippen LogP contribution is -2.53. The number of imide groups is 1. The van der Waals surface area contributed by atoms with Crippen molar-refractivity contribution < 1.29 is 19.1 Å². The van der Waals surface area contributed by atoms with Crippen LogP contribution in [-0.4, -0.2) is 60.9 Å². The first-order valence-corrected chi connectivity index (χ1v) is 10.9. The van der Waals surface area contributed by atoms with Crippen molar-refractivity contribution >= 4 is 46.8 Å². The van der Waals surface area contributed by atoms with E-state index in [0.29, 0.717) is 22.7 Å². The number of nitrogens with one attached hydrogen (secondary N) is 2. The fraction of sp³-hybridized carbons (Fsp3) is 0.526. The summed E-state index contributed by atoms with van der Waals surface area (Å²) in [6, 6.07) is 4.88. The predicted molar refractivity (Wildman–Crippen MR) is 107 cm³/mol. The van der Waals surface area contributed by atoms with Gasteiger partial charge in [-0.2, -0.15) is 11.8 Å². The minimum absolute atomic E-state index is 0.191. The molecule has 2 N–H and O–H groups in total. The van der Waals surface area contributed by atoms with Gasteiger partial charge in [0.15, 0.2) is 0 Å². The summed E-state index contributed by atoms with van der Waals surface area (Å²) in [6.45, 7) is 0.456. The zero-order valence-electron chi connectivity index (χ0n) is 15.7. The molecule has 4 atom stereocenters. The van der Waals surface area contributed by atoms with E-state index < -0.39 is 17.4 Å². The van der Waals surface area contributed by atoms with Gasteiger partial charge in [-0.1, -0.05) is 11.6 Å². The van der Waals surface area contributed by atoms with Gasteiger partial charge in [0.2, 0.25) is 17.7 Å². The zero-order chi connectivity index (χ0) is 20.1. The number of thioether (sulfide) groups is 1. The second kappa shape index (κ2) is 7.33. The molecule has 1 aromatic carbocycles. The molecule has 3 heterocycles. The van der Waals surface area contributed by atoms with E-state index in [1.165, 1.54) is 12.0 Å². The van der Waals surface area contributed by atoms with Gasteiger partial charge in [0, 0.05) is 29.4 Å². The van der Waals surface area contributed by atoms with Crippen LogP contribution in [0.5, 0.6) is 0 Å². The van der Waals surface area contributed by atoms with Crippen molar-refractivity contribution in [2.45, 2.75) is 18.0 Å². The summed E-state index contributed by atoms with van der Waals surface area (Å²) in [5.74, 6) is -1.41. The molecule has 0 saturated carbocycles. The first kappa shape index (κ1) is 19.7. The maximum Gasteiger partial charge on any atom is 0.250 e.